The van der Waals surface area contributed by atoms with Crippen molar-refractivity contribution in [3.8, 4) is 0 Å². The highest BCUT2D eigenvalue weighted by molar-refractivity contribution is 6.74. The van der Waals surface area contributed by atoms with Gasteiger partial charge in [0.05, 0.1) is 19.3 Å². The van der Waals surface area contributed by atoms with Gasteiger partial charge in [0.15, 0.2) is 8.32 Å². The van der Waals surface area contributed by atoms with E-state index in [0.717, 1.165) is 18.6 Å². The molecule has 0 aliphatic rings. The first-order valence-electron chi connectivity index (χ1n) is 9.64. The fourth-order valence-electron chi connectivity index (χ4n) is 2.26. The van der Waals surface area contributed by atoms with Crippen LogP contribution < -0.4 is 0 Å². The van der Waals surface area contributed by atoms with E-state index in [2.05, 4.69) is 40.8 Å². The molecule has 1 rings (SSSR count). The molecular weight excluding hydrogens is 340 g/mol. The molecule has 0 unspecified atom stereocenters. The molecule has 2 atom stereocenters. The van der Waals surface area contributed by atoms with E-state index in [1.165, 1.54) is 5.57 Å². The second-order valence-electron chi connectivity index (χ2n) is 8.84. The van der Waals surface area contributed by atoms with E-state index in [1.54, 1.807) is 0 Å². The number of rotatable bonds is 10. The van der Waals surface area contributed by atoms with Crippen LogP contribution in [0.25, 0.3) is 0 Å². The van der Waals surface area contributed by atoms with Crippen LogP contribution in [0.1, 0.15) is 46.6 Å². The van der Waals surface area contributed by atoms with Gasteiger partial charge in [-0.25, -0.2) is 0 Å². The molecule has 1 aromatic carbocycles. The number of aliphatic hydroxyl groups excluding tert-OH is 1. The summed E-state index contributed by atoms with van der Waals surface area (Å²) in [7, 11) is -1.69. The minimum absolute atomic E-state index is 0.0648. The second-order valence-corrected chi connectivity index (χ2v) is 13.6. The van der Waals surface area contributed by atoms with Gasteiger partial charge >= 0.3 is 0 Å². The fourth-order valence-corrected chi connectivity index (χ4v) is 3.30. The van der Waals surface area contributed by atoms with Gasteiger partial charge in [-0.1, -0.05) is 69.7 Å². The molecule has 0 bridgehead atoms. The van der Waals surface area contributed by atoms with E-state index in [-0.39, 0.29) is 11.0 Å². The van der Waals surface area contributed by atoms with Crippen LogP contribution >= 0.6 is 0 Å². The number of ether oxygens (including phenoxy) is 1. The first-order chi connectivity index (χ1) is 12.0. The number of benzene rings is 1. The van der Waals surface area contributed by atoms with Crippen molar-refractivity contribution in [2.45, 2.75) is 71.9 Å². The molecule has 0 saturated heterocycles. The average molecular weight is 379 g/mol. The van der Waals surface area contributed by atoms with E-state index < -0.39 is 14.4 Å². The van der Waals surface area contributed by atoms with Crippen LogP contribution in [-0.2, 0) is 15.8 Å². The van der Waals surface area contributed by atoms with Gasteiger partial charge in [0.1, 0.15) is 0 Å². The topological polar surface area (TPSA) is 38.7 Å². The predicted molar refractivity (Wildman–Crippen MR) is 113 cm³/mol. The van der Waals surface area contributed by atoms with Crippen LogP contribution in [0, 0.1) is 5.92 Å². The number of hydrogen-bond acceptors (Lipinski definition) is 3. The zero-order valence-corrected chi connectivity index (χ0v) is 18.7. The Morgan fingerprint density at radius 3 is 2.38 bits per heavy atom. The largest absolute Gasteiger partial charge is 0.417 e. The maximum absolute atomic E-state index is 10.4. The molecule has 4 heteroatoms. The summed E-state index contributed by atoms with van der Waals surface area (Å²) >= 11 is 0. The Morgan fingerprint density at radius 1 is 1.19 bits per heavy atom. The Labute approximate surface area is 161 Å². The van der Waals surface area contributed by atoms with Gasteiger partial charge < -0.3 is 14.3 Å². The Morgan fingerprint density at radius 2 is 1.81 bits per heavy atom. The predicted octanol–water partition coefficient (Wildman–Crippen LogP) is 5.56. The third kappa shape index (κ3) is 8.17. The van der Waals surface area contributed by atoms with Gasteiger partial charge in [-0.15, -0.1) is 0 Å². The van der Waals surface area contributed by atoms with Crippen LogP contribution in [0.5, 0.6) is 0 Å². The molecule has 0 radical (unpaired) electrons. The molecule has 1 aromatic rings. The average Bonchev–Trinajstić information content (AvgIpc) is 2.54. The van der Waals surface area contributed by atoms with Crippen LogP contribution in [0.3, 0.4) is 0 Å². The Bertz CT molecular complexity index is 546. The van der Waals surface area contributed by atoms with Crippen molar-refractivity contribution in [2.75, 3.05) is 13.2 Å². The first-order valence-corrected chi connectivity index (χ1v) is 12.5. The van der Waals surface area contributed by atoms with E-state index in [1.807, 2.05) is 43.3 Å². The summed E-state index contributed by atoms with van der Waals surface area (Å²) in [6.45, 7) is 17.2. The molecule has 0 saturated carbocycles. The van der Waals surface area contributed by atoms with Crippen molar-refractivity contribution in [3.05, 3.63) is 47.5 Å². The van der Waals surface area contributed by atoms with Crippen LogP contribution in [0.15, 0.2) is 42.0 Å². The van der Waals surface area contributed by atoms with Gasteiger partial charge in [-0.2, -0.15) is 0 Å². The van der Waals surface area contributed by atoms with E-state index >= 15 is 0 Å². The van der Waals surface area contributed by atoms with Crippen LogP contribution in [0.4, 0.5) is 0 Å². The molecule has 26 heavy (non-hydrogen) atoms. The normalized spacial score (nSPS) is 15.8. The summed E-state index contributed by atoms with van der Waals surface area (Å²) in [5.41, 5.74) is 2.33. The molecule has 3 nitrogen and oxygen atoms in total. The van der Waals surface area contributed by atoms with Crippen molar-refractivity contribution in [1.29, 1.82) is 0 Å². The van der Waals surface area contributed by atoms with Crippen molar-refractivity contribution in [2.24, 2.45) is 5.92 Å². The highest BCUT2D eigenvalue weighted by atomic mass is 28.4. The molecule has 0 amide bonds. The van der Waals surface area contributed by atoms with E-state index in [0.29, 0.717) is 13.2 Å². The molecule has 0 aliphatic heterocycles. The van der Waals surface area contributed by atoms with Crippen molar-refractivity contribution in [3.63, 3.8) is 0 Å². The lowest BCUT2D eigenvalue weighted by atomic mass is 10.0. The summed E-state index contributed by atoms with van der Waals surface area (Å²) < 4.78 is 12.0. The third-order valence-corrected chi connectivity index (χ3v) is 9.83. The van der Waals surface area contributed by atoms with Crippen LogP contribution in [-0.4, -0.2) is 32.7 Å². The quantitative estimate of drug-likeness (QED) is 0.428. The molecule has 0 heterocycles. The maximum Gasteiger partial charge on any atom is 0.191 e. The van der Waals surface area contributed by atoms with Crippen LogP contribution in [0.2, 0.25) is 18.1 Å². The van der Waals surface area contributed by atoms with Gasteiger partial charge in [-0.05, 0) is 37.0 Å². The highest BCUT2D eigenvalue weighted by Crippen LogP contribution is 2.36. The smallest absolute Gasteiger partial charge is 0.191 e. The van der Waals surface area contributed by atoms with Gasteiger partial charge in [0.25, 0.3) is 0 Å². The minimum Gasteiger partial charge on any atom is -0.417 e. The molecular formula is C22H38O3Si. The maximum atomic E-state index is 10.4. The summed E-state index contributed by atoms with van der Waals surface area (Å²) in [5.74, 6) is 0.0648. The fraction of sp³-hybridized carbons (Fsp3) is 0.636. The van der Waals surface area contributed by atoms with Gasteiger partial charge in [0.2, 0.25) is 0 Å². The zero-order valence-electron chi connectivity index (χ0n) is 17.7. The standard InChI is InChI=1S/C22H38O3Si/c1-18(13-14-25-26(6,7)22(3,4)5)15-21(23)19(2)16-24-17-20-11-9-8-10-12-20/h8-12,15,19,21,23H,13-14,16-17H2,1-7H3/b18-15+/t19-,21-/m0/s1. The van der Waals surface area contributed by atoms with Crippen molar-refractivity contribution in [1.82, 2.24) is 0 Å². The lowest BCUT2D eigenvalue weighted by Gasteiger charge is -2.36. The minimum atomic E-state index is -1.69. The molecule has 0 aromatic heterocycles. The molecule has 0 aliphatic carbocycles. The van der Waals surface area contributed by atoms with Gasteiger partial charge in [0, 0.05) is 12.5 Å². The van der Waals surface area contributed by atoms with Crippen molar-refractivity contribution < 1.29 is 14.3 Å². The second kappa shape index (κ2) is 10.4. The molecule has 0 spiro atoms. The van der Waals surface area contributed by atoms with E-state index in [4.69, 9.17) is 9.16 Å². The summed E-state index contributed by atoms with van der Waals surface area (Å²) in [4.78, 5) is 0. The monoisotopic (exact) mass is 378 g/mol. The Kier molecular flexibility index (Phi) is 9.24. The first kappa shape index (κ1) is 23.1. The molecule has 0 fully saturated rings. The van der Waals surface area contributed by atoms with E-state index in [9.17, 15) is 5.11 Å². The van der Waals surface area contributed by atoms with Crippen molar-refractivity contribution >= 4 is 8.32 Å². The Balaban J connectivity index is 2.35. The number of aliphatic hydroxyl groups is 1. The lowest BCUT2D eigenvalue weighted by Crippen LogP contribution is -2.41. The summed E-state index contributed by atoms with van der Waals surface area (Å²) in [6, 6.07) is 10.1. The third-order valence-electron chi connectivity index (χ3n) is 5.30. The summed E-state index contributed by atoms with van der Waals surface area (Å²) in [6.07, 6.45) is 2.32. The van der Waals surface area contributed by atoms with Gasteiger partial charge in [-0.3, -0.25) is 0 Å². The zero-order chi connectivity index (χ0) is 19.8. The number of hydrogen-bond donors (Lipinski definition) is 1. The highest BCUT2D eigenvalue weighted by Gasteiger charge is 2.36. The molecule has 148 valence electrons. The lowest BCUT2D eigenvalue weighted by molar-refractivity contribution is 0.0469. The summed E-state index contributed by atoms with van der Waals surface area (Å²) in [5, 5.41) is 10.6. The molecule has 1 N–H and O–H groups in total. The SMILES string of the molecule is C/C(=C\[C@H](O)[C@@H](C)COCc1ccccc1)CCO[Si](C)(C)C(C)(C)C. The Hall–Kier alpha value is -0.943.